The Hall–Kier alpha value is 0.0300. The SMILES string of the molecule is CC(Br)C(=O)c1ccc(F)c(I)c1. The molecule has 0 amide bonds. The summed E-state index contributed by atoms with van der Waals surface area (Å²) in [5, 5.41) is 0. The number of ketones is 1. The average molecular weight is 357 g/mol. The third-order valence-corrected chi connectivity index (χ3v) is 2.81. The normalized spacial score (nSPS) is 12.6. The van der Waals surface area contributed by atoms with Gasteiger partial charge in [0.25, 0.3) is 0 Å². The summed E-state index contributed by atoms with van der Waals surface area (Å²) in [7, 11) is 0. The Labute approximate surface area is 98.0 Å². The van der Waals surface area contributed by atoms with Gasteiger partial charge < -0.3 is 0 Å². The Morgan fingerprint density at radius 1 is 1.62 bits per heavy atom. The van der Waals surface area contributed by atoms with Crippen LogP contribution in [0.3, 0.4) is 0 Å². The maximum atomic E-state index is 12.8. The lowest BCUT2D eigenvalue weighted by molar-refractivity contribution is 0.0995. The van der Waals surface area contributed by atoms with Gasteiger partial charge >= 0.3 is 0 Å². The number of hydrogen-bond donors (Lipinski definition) is 0. The smallest absolute Gasteiger partial charge is 0.176 e. The van der Waals surface area contributed by atoms with E-state index in [4.69, 9.17) is 0 Å². The molecule has 1 aromatic rings. The number of carbonyl (C=O) groups is 1. The zero-order valence-corrected chi connectivity index (χ0v) is 10.6. The van der Waals surface area contributed by atoms with Crippen molar-refractivity contribution in [2.75, 3.05) is 0 Å². The maximum absolute atomic E-state index is 12.8. The lowest BCUT2D eigenvalue weighted by atomic mass is 10.1. The Morgan fingerprint density at radius 3 is 2.69 bits per heavy atom. The fourth-order valence-corrected chi connectivity index (χ4v) is 1.66. The zero-order valence-electron chi connectivity index (χ0n) is 6.85. The molecule has 13 heavy (non-hydrogen) atoms. The molecule has 0 aliphatic heterocycles. The molecule has 0 aromatic heterocycles. The van der Waals surface area contributed by atoms with E-state index in [0.717, 1.165) is 0 Å². The number of Topliss-reactive ketones (excluding diaryl/α,β-unsaturated/α-hetero) is 1. The van der Waals surface area contributed by atoms with E-state index in [-0.39, 0.29) is 16.4 Å². The van der Waals surface area contributed by atoms with Crippen molar-refractivity contribution in [3.05, 3.63) is 33.1 Å². The number of alkyl halides is 1. The minimum absolute atomic E-state index is 0.0297. The summed E-state index contributed by atoms with van der Waals surface area (Å²) in [4.78, 5) is 11.2. The highest BCUT2D eigenvalue weighted by molar-refractivity contribution is 14.1. The van der Waals surface area contributed by atoms with Gasteiger partial charge in [-0.1, -0.05) is 15.9 Å². The van der Waals surface area contributed by atoms with Crippen LogP contribution in [-0.4, -0.2) is 10.6 Å². The fraction of sp³-hybridized carbons (Fsp3) is 0.222. The molecule has 0 aliphatic rings. The summed E-state index contributed by atoms with van der Waals surface area (Å²) in [5.41, 5.74) is 0.537. The van der Waals surface area contributed by atoms with Crippen molar-refractivity contribution in [1.82, 2.24) is 0 Å². The van der Waals surface area contributed by atoms with Crippen molar-refractivity contribution in [1.29, 1.82) is 0 Å². The predicted molar refractivity (Wildman–Crippen MR) is 61.8 cm³/mol. The molecule has 1 unspecified atom stereocenters. The van der Waals surface area contributed by atoms with E-state index < -0.39 is 0 Å². The molecule has 0 N–H and O–H groups in total. The van der Waals surface area contributed by atoms with Crippen molar-refractivity contribution in [3.8, 4) is 0 Å². The molecule has 0 aliphatic carbocycles. The van der Waals surface area contributed by atoms with Crippen LogP contribution >= 0.6 is 38.5 Å². The van der Waals surface area contributed by atoms with Crippen LogP contribution in [0.5, 0.6) is 0 Å². The lowest BCUT2D eigenvalue weighted by Crippen LogP contribution is -2.10. The van der Waals surface area contributed by atoms with Gasteiger partial charge in [-0.3, -0.25) is 4.79 Å². The van der Waals surface area contributed by atoms with E-state index in [0.29, 0.717) is 9.13 Å². The van der Waals surface area contributed by atoms with E-state index in [9.17, 15) is 9.18 Å². The largest absolute Gasteiger partial charge is 0.293 e. The highest BCUT2D eigenvalue weighted by atomic mass is 127. The number of rotatable bonds is 2. The molecule has 0 saturated carbocycles. The van der Waals surface area contributed by atoms with Gasteiger partial charge in [0.1, 0.15) is 5.82 Å². The van der Waals surface area contributed by atoms with Crippen LogP contribution < -0.4 is 0 Å². The first-order valence-electron chi connectivity index (χ1n) is 3.65. The van der Waals surface area contributed by atoms with E-state index in [1.54, 1.807) is 13.0 Å². The number of carbonyl (C=O) groups excluding carboxylic acids is 1. The van der Waals surface area contributed by atoms with Crippen LogP contribution in [0.4, 0.5) is 4.39 Å². The number of halogens is 3. The minimum Gasteiger partial charge on any atom is -0.293 e. The van der Waals surface area contributed by atoms with Gasteiger partial charge in [0, 0.05) is 9.13 Å². The minimum atomic E-state index is -0.292. The summed E-state index contributed by atoms with van der Waals surface area (Å²) < 4.78 is 13.3. The predicted octanol–water partition coefficient (Wildman–Crippen LogP) is 3.40. The van der Waals surface area contributed by atoms with Crippen molar-refractivity contribution >= 4 is 44.3 Å². The molecule has 1 atom stereocenters. The van der Waals surface area contributed by atoms with Crippen LogP contribution in [0.15, 0.2) is 18.2 Å². The van der Waals surface area contributed by atoms with Crippen molar-refractivity contribution in [2.45, 2.75) is 11.8 Å². The standard InChI is InChI=1S/C9H7BrFIO/c1-5(10)9(13)6-2-3-7(11)8(12)4-6/h2-5H,1H3. The molecule has 0 spiro atoms. The first kappa shape index (κ1) is 11.1. The van der Waals surface area contributed by atoms with Crippen LogP contribution in [0.2, 0.25) is 0 Å². The molecular weight excluding hydrogens is 350 g/mol. The van der Waals surface area contributed by atoms with Gasteiger partial charge in [-0.15, -0.1) is 0 Å². The van der Waals surface area contributed by atoms with E-state index >= 15 is 0 Å². The van der Waals surface area contributed by atoms with E-state index in [1.165, 1.54) is 12.1 Å². The second-order valence-electron chi connectivity index (χ2n) is 2.61. The molecule has 0 bridgehead atoms. The maximum Gasteiger partial charge on any atom is 0.176 e. The quantitative estimate of drug-likeness (QED) is 0.451. The summed E-state index contributed by atoms with van der Waals surface area (Å²) in [5.74, 6) is -0.322. The Morgan fingerprint density at radius 2 is 2.23 bits per heavy atom. The molecule has 4 heteroatoms. The van der Waals surface area contributed by atoms with Gasteiger partial charge in [0.05, 0.1) is 4.83 Å². The summed E-state index contributed by atoms with van der Waals surface area (Å²) in [6.45, 7) is 1.75. The molecule has 1 aromatic carbocycles. The highest BCUT2D eigenvalue weighted by Gasteiger charge is 2.12. The zero-order chi connectivity index (χ0) is 10.0. The topological polar surface area (TPSA) is 17.1 Å². The van der Waals surface area contributed by atoms with Crippen LogP contribution in [0.1, 0.15) is 17.3 Å². The van der Waals surface area contributed by atoms with E-state index in [1.807, 2.05) is 22.6 Å². The molecule has 0 radical (unpaired) electrons. The van der Waals surface area contributed by atoms with Gasteiger partial charge in [0.2, 0.25) is 0 Å². The molecule has 1 rings (SSSR count). The molecule has 1 nitrogen and oxygen atoms in total. The third-order valence-electron chi connectivity index (χ3n) is 1.57. The summed E-state index contributed by atoms with van der Waals surface area (Å²) in [6.07, 6.45) is 0. The molecule has 0 heterocycles. The molecule has 0 saturated heterocycles. The third kappa shape index (κ3) is 2.74. The Kier molecular flexibility index (Phi) is 3.85. The van der Waals surface area contributed by atoms with Crippen molar-refractivity contribution in [3.63, 3.8) is 0 Å². The fourth-order valence-electron chi connectivity index (χ4n) is 0.879. The summed E-state index contributed by atoms with van der Waals surface area (Å²) >= 11 is 5.04. The number of hydrogen-bond acceptors (Lipinski definition) is 1. The van der Waals surface area contributed by atoms with E-state index in [2.05, 4.69) is 15.9 Å². The van der Waals surface area contributed by atoms with Gasteiger partial charge in [-0.25, -0.2) is 4.39 Å². The Bertz CT molecular complexity index is 338. The molecule has 70 valence electrons. The molecular formula is C9H7BrFIO. The van der Waals surface area contributed by atoms with Crippen molar-refractivity contribution < 1.29 is 9.18 Å². The van der Waals surface area contributed by atoms with Gasteiger partial charge in [-0.2, -0.15) is 0 Å². The Balaban J connectivity index is 3.04. The monoisotopic (exact) mass is 356 g/mol. The second-order valence-corrected chi connectivity index (χ2v) is 5.14. The second kappa shape index (κ2) is 4.50. The number of benzene rings is 1. The van der Waals surface area contributed by atoms with Gasteiger partial charge in [-0.05, 0) is 47.7 Å². The van der Waals surface area contributed by atoms with Gasteiger partial charge in [0.15, 0.2) is 5.78 Å². The van der Waals surface area contributed by atoms with Crippen LogP contribution in [0, 0.1) is 9.39 Å². The highest BCUT2D eigenvalue weighted by Crippen LogP contribution is 2.16. The molecule has 0 fully saturated rings. The average Bonchev–Trinajstić information content (AvgIpc) is 2.08. The van der Waals surface area contributed by atoms with Crippen LogP contribution in [-0.2, 0) is 0 Å². The first-order valence-corrected chi connectivity index (χ1v) is 5.65. The van der Waals surface area contributed by atoms with Crippen LogP contribution in [0.25, 0.3) is 0 Å². The lowest BCUT2D eigenvalue weighted by Gasteiger charge is -2.03. The summed E-state index contributed by atoms with van der Waals surface area (Å²) in [6, 6.07) is 4.36. The first-order chi connectivity index (χ1) is 6.02. The van der Waals surface area contributed by atoms with Crippen molar-refractivity contribution in [2.24, 2.45) is 0 Å².